The quantitative estimate of drug-likeness (QED) is 0.186. The number of nitrogens with one attached hydrogen (secondary N) is 2. The van der Waals surface area contributed by atoms with Crippen molar-refractivity contribution < 1.29 is 24.2 Å². The third-order valence-corrected chi connectivity index (χ3v) is 9.16. The van der Waals surface area contributed by atoms with Crippen LogP contribution in [0, 0.1) is 0 Å². The molecule has 1 aromatic carbocycles. The van der Waals surface area contributed by atoms with Crippen molar-refractivity contribution >= 4 is 40.6 Å². The van der Waals surface area contributed by atoms with E-state index < -0.39 is 11.5 Å². The minimum Gasteiger partial charge on any atom is -0.478 e. The largest absolute Gasteiger partial charge is 0.478 e. The lowest BCUT2D eigenvalue weighted by Gasteiger charge is -2.29. The van der Waals surface area contributed by atoms with Crippen LogP contribution < -0.4 is 15.4 Å². The van der Waals surface area contributed by atoms with Gasteiger partial charge in [-0.05, 0) is 74.4 Å². The molecule has 3 N–H and O–H groups in total. The van der Waals surface area contributed by atoms with E-state index in [4.69, 9.17) is 9.84 Å². The van der Waals surface area contributed by atoms with Crippen molar-refractivity contribution in [1.82, 2.24) is 24.8 Å². The summed E-state index contributed by atoms with van der Waals surface area (Å²) in [7, 11) is 2.02. The standard InChI is InChI=1S/C35H38N6O5/c1-3-46-33-23(12-15-29(42)43)11-14-28(38-33)39-34(45)35(16-6-7-17-35)40-32(44)24-10-13-26-27(18-24)41(2)31(25-19-36-21-37-20-25)30(26)22-8-4-5-9-22/h10-15,18-22H,3-9,16-17H2,1-2H3,(H,40,44)(H,42,43)(H,38,39,45)/b15-12+. The molecule has 0 unspecified atom stereocenters. The van der Waals surface area contributed by atoms with E-state index in [9.17, 15) is 14.4 Å². The molecule has 4 aromatic rings. The number of carboxylic acid groups (broad SMARTS) is 1. The molecule has 0 aliphatic heterocycles. The summed E-state index contributed by atoms with van der Waals surface area (Å²) < 4.78 is 7.73. The number of hydrogen-bond acceptors (Lipinski definition) is 7. The summed E-state index contributed by atoms with van der Waals surface area (Å²) in [6.45, 7) is 2.10. The highest BCUT2D eigenvalue weighted by molar-refractivity contribution is 6.05. The van der Waals surface area contributed by atoms with E-state index >= 15 is 0 Å². The number of ether oxygens (including phenoxy) is 1. The molecule has 0 atom stereocenters. The van der Waals surface area contributed by atoms with Gasteiger partial charge in [-0.15, -0.1) is 0 Å². The highest BCUT2D eigenvalue weighted by atomic mass is 16.5. The summed E-state index contributed by atoms with van der Waals surface area (Å²) >= 11 is 0. The lowest BCUT2D eigenvalue weighted by molar-refractivity contribution is -0.131. The van der Waals surface area contributed by atoms with Crippen molar-refractivity contribution in [3.05, 3.63) is 71.8 Å². The van der Waals surface area contributed by atoms with Crippen LogP contribution in [0.15, 0.2) is 55.1 Å². The molecule has 2 aliphatic carbocycles. The maximum absolute atomic E-state index is 13.8. The second kappa shape index (κ2) is 13.1. The molecule has 0 saturated heterocycles. The molecule has 2 amide bonds. The van der Waals surface area contributed by atoms with Gasteiger partial charge >= 0.3 is 5.97 Å². The lowest BCUT2D eigenvalue weighted by atomic mass is 9.92. The monoisotopic (exact) mass is 622 g/mol. The topological polar surface area (TPSA) is 148 Å². The smallest absolute Gasteiger partial charge is 0.328 e. The normalized spacial score (nSPS) is 16.2. The Kier molecular flexibility index (Phi) is 8.83. The van der Waals surface area contributed by atoms with Gasteiger partial charge in [0, 0.05) is 53.1 Å². The van der Waals surface area contributed by atoms with Gasteiger partial charge in [0.2, 0.25) is 5.88 Å². The van der Waals surface area contributed by atoms with E-state index in [1.807, 2.05) is 37.6 Å². The van der Waals surface area contributed by atoms with Crippen molar-refractivity contribution in [3.8, 4) is 17.1 Å². The molecular weight excluding hydrogens is 584 g/mol. The Morgan fingerprint density at radius 2 is 1.80 bits per heavy atom. The van der Waals surface area contributed by atoms with Crippen LogP contribution >= 0.6 is 0 Å². The fourth-order valence-corrected chi connectivity index (χ4v) is 6.98. The van der Waals surface area contributed by atoms with Crippen LogP contribution in [0.25, 0.3) is 28.2 Å². The summed E-state index contributed by atoms with van der Waals surface area (Å²) in [4.78, 5) is 51.5. The Hall–Kier alpha value is -5.06. The fourth-order valence-electron chi connectivity index (χ4n) is 6.98. The molecule has 2 aliphatic rings. The number of aliphatic carboxylic acids is 1. The first kappa shape index (κ1) is 30.9. The predicted molar refractivity (Wildman–Crippen MR) is 175 cm³/mol. The van der Waals surface area contributed by atoms with Gasteiger partial charge in [0.15, 0.2) is 0 Å². The molecule has 3 aromatic heterocycles. The van der Waals surface area contributed by atoms with E-state index in [0.717, 1.165) is 53.9 Å². The first-order valence-corrected chi connectivity index (χ1v) is 15.9. The fraction of sp³-hybridized carbons (Fsp3) is 0.371. The van der Waals surface area contributed by atoms with Gasteiger partial charge in [-0.3, -0.25) is 9.59 Å². The summed E-state index contributed by atoms with van der Waals surface area (Å²) in [5, 5.41) is 16.1. The molecular formula is C35H38N6O5. The Morgan fingerprint density at radius 3 is 2.50 bits per heavy atom. The molecule has 238 valence electrons. The number of rotatable bonds is 10. The number of amides is 2. The highest BCUT2D eigenvalue weighted by Gasteiger charge is 2.43. The zero-order chi connectivity index (χ0) is 32.3. The van der Waals surface area contributed by atoms with Gasteiger partial charge in [0.1, 0.15) is 17.7 Å². The molecule has 46 heavy (non-hydrogen) atoms. The van der Waals surface area contributed by atoms with Gasteiger partial charge in [0.05, 0.1) is 12.3 Å². The van der Waals surface area contributed by atoms with Crippen molar-refractivity contribution in [2.24, 2.45) is 7.05 Å². The van der Waals surface area contributed by atoms with E-state index in [0.29, 0.717) is 36.5 Å². The van der Waals surface area contributed by atoms with Gasteiger partial charge < -0.3 is 25.0 Å². The van der Waals surface area contributed by atoms with Crippen LogP contribution in [0.2, 0.25) is 0 Å². The number of aryl methyl sites for hydroxylation is 1. The van der Waals surface area contributed by atoms with Crippen LogP contribution in [-0.4, -0.2) is 54.6 Å². The molecule has 0 radical (unpaired) electrons. The number of carbonyl (C=O) groups excluding carboxylic acids is 2. The third-order valence-electron chi connectivity index (χ3n) is 9.16. The van der Waals surface area contributed by atoms with Crippen LogP contribution in [0.1, 0.15) is 85.7 Å². The number of carboxylic acids is 1. The molecule has 11 heteroatoms. The zero-order valence-corrected chi connectivity index (χ0v) is 26.1. The first-order chi connectivity index (χ1) is 22.3. The van der Waals surface area contributed by atoms with Crippen molar-refractivity contribution in [3.63, 3.8) is 0 Å². The molecule has 2 fully saturated rings. The number of pyridine rings is 1. The number of nitrogens with zero attached hydrogens (tertiary/aromatic N) is 4. The average molecular weight is 623 g/mol. The highest BCUT2D eigenvalue weighted by Crippen LogP contribution is 2.44. The predicted octanol–water partition coefficient (Wildman–Crippen LogP) is 5.87. The second-order valence-electron chi connectivity index (χ2n) is 12.1. The minimum absolute atomic E-state index is 0.205. The summed E-state index contributed by atoms with van der Waals surface area (Å²) in [6, 6.07) is 9.02. The Bertz CT molecular complexity index is 1800. The molecule has 6 rings (SSSR count). The van der Waals surface area contributed by atoms with Gasteiger partial charge in [0.25, 0.3) is 11.8 Å². The van der Waals surface area contributed by atoms with Crippen LogP contribution in [-0.2, 0) is 16.6 Å². The maximum atomic E-state index is 13.8. The Morgan fingerprint density at radius 1 is 1.07 bits per heavy atom. The second-order valence-corrected chi connectivity index (χ2v) is 12.1. The SMILES string of the molecule is CCOc1nc(NC(=O)C2(NC(=O)c3ccc4c(C5CCCC5)c(-c5cncnc5)n(C)c4c3)CCCC2)ccc1/C=C/C(=O)O. The number of carbonyl (C=O) groups is 3. The van der Waals surface area contributed by atoms with Crippen LogP contribution in [0.5, 0.6) is 5.88 Å². The van der Waals surface area contributed by atoms with Crippen LogP contribution in [0.4, 0.5) is 5.82 Å². The zero-order valence-electron chi connectivity index (χ0n) is 26.1. The third kappa shape index (κ3) is 6.09. The van der Waals surface area contributed by atoms with Gasteiger partial charge in [-0.2, -0.15) is 4.98 Å². The van der Waals surface area contributed by atoms with Gasteiger partial charge in [-0.25, -0.2) is 14.8 Å². The van der Waals surface area contributed by atoms with Crippen LogP contribution in [0.3, 0.4) is 0 Å². The van der Waals surface area contributed by atoms with Crippen molar-refractivity contribution in [1.29, 1.82) is 0 Å². The molecule has 11 nitrogen and oxygen atoms in total. The summed E-state index contributed by atoms with van der Waals surface area (Å²) in [5.41, 5.74) is 4.11. The Labute approximate surface area is 267 Å². The summed E-state index contributed by atoms with van der Waals surface area (Å²) in [5.74, 6) is -0.866. The summed E-state index contributed by atoms with van der Waals surface area (Å²) in [6.07, 6.45) is 14.8. The average Bonchev–Trinajstić information content (AvgIpc) is 3.82. The first-order valence-electron chi connectivity index (χ1n) is 15.9. The Balaban J connectivity index is 1.28. The molecule has 0 bridgehead atoms. The van der Waals surface area contributed by atoms with E-state index in [2.05, 4.69) is 30.2 Å². The minimum atomic E-state index is -1.10. The maximum Gasteiger partial charge on any atom is 0.328 e. The molecule has 3 heterocycles. The number of hydrogen-bond donors (Lipinski definition) is 3. The number of anilines is 1. The number of fused-ring (bicyclic) bond motifs is 1. The van der Waals surface area contributed by atoms with Crippen molar-refractivity contribution in [2.75, 3.05) is 11.9 Å². The van der Waals surface area contributed by atoms with E-state index in [1.54, 1.807) is 19.1 Å². The van der Waals surface area contributed by atoms with E-state index in [1.165, 1.54) is 30.8 Å². The number of aromatic nitrogens is 4. The lowest BCUT2D eigenvalue weighted by Crippen LogP contribution is -2.55. The molecule has 0 spiro atoms. The number of benzene rings is 1. The van der Waals surface area contributed by atoms with Gasteiger partial charge in [-0.1, -0.05) is 31.7 Å². The van der Waals surface area contributed by atoms with Crippen molar-refractivity contribution in [2.45, 2.75) is 69.7 Å². The molecule has 2 saturated carbocycles. The van der Waals surface area contributed by atoms with E-state index in [-0.39, 0.29) is 23.5 Å².